The number of halogens is 2. The van der Waals surface area contributed by atoms with Crippen LogP contribution in [-0.2, 0) is 6.42 Å². The molecule has 21 heavy (non-hydrogen) atoms. The zero-order valence-electron chi connectivity index (χ0n) is 11.7. The zero-order valence-corrected chi connectivity index (χ0v) is 13.2. The number of hydrogen-bond donors (Lipinski definition) is 0. The van der Waals surface area contributed by atoms with Gasteiger partial charge in [-0.1, -0.05) is 36.2 Å². The van der Waals surface area contributed by atoms with E-state index in [2.05, 4.69) is 6.92 Å². The maximum Gasteiger partial charge on any atom is 0.167 e. The van der Waals surface area contributed by atoms with Crippen molar-refractivity contribution in [1.29, 1.82) is 0 Å². The number of benzene rings is 2. The third kappa shape index (κ3) is 4.48. The molecule has 2 nitrogen and oxygen atoms in total. The first-order chi connectivity index (χ1) is 10.1. The van der Waals surface area contributed by atoms with Gasteiger partial charge in [-0.05, 0) is 48.4 Å². The first-order valence-electron chi connectivity index (χ1n) is 6.80. The Hall–Kier alpha value is -1.51. The predicted octanol–water partition coefficient (Wildman–Crippen LogP) is 5.21. The lowest BCUT2D eigenvalue weighted by Crippen LogP contribution is -2.04. The maximum atomic E-state index is 12.2. The summed E-state index contributed by atoms with van der Waals surface area (Å²) in [4.78, 5) is 12.2. The topological polar surface area (TPSA) is 26.3 Å². The lowest BCUT2D eigenvalue weighted by atomic mass is 10.0. The molecule has 0 bridgehead atoms. The van der Waals surface area contributed by atoms with Crippen LogP contribution in [0, 0.1) is 0 Å². The van der Waals surface area contributed by atoms with Crippen LogP contribution in [0.1, 0.15) is 29.3 Å². The van der Waals surface area contributed by atoms with Crippen LogP contribution in [0.3, 0.4) is 0 Å². The molecule has 0 aliphatic carbocycles. The fourth-order valence-electron chi connectivity index (χ4n) is 1.89. The van der Waals surface area contributed by atoms with Crippen LogP contribution in [0.2, 0.25) is 10.0 Å². The molecule has 0 saturated heterocycles. The summed E-state index contributed by atoms with van der Waals surface area (Å²) in [7, 11) is 0. The second-order valence-corrected chi connectivity index (χ2v) is 5.54. The number of hydrogen-bond acceptors (Lipinski definition) is 2. The van der Waals surface area contributed by atoms with Crippen LogP contribution in [0.15, 0.2) is 42.5 Å². The molecule has 2 rings (SSSR count). The Morgan fingerprint density at radius 3 is 2.38 bits per heavy atom. The Balaban J connectivity index is 2.04. The molecule has 0 saturated carbocycles. The number of carbonyl (C=O) groups excluding carboxylic acids is 1. The average molecular weight is 323 g/mol. The Bertz CT molecular complexity index is 621. The van der Waals surface area contributed by atoms with Crippen molar-refractivity contribution in [3.8, 4) is 5.75 Å². The smallest absolute Gasteiger partial charge is 0.167 e. The third-order valence-corrected chi connectivity index (χ3v) is 3.74. The molecule has 4 heteroatoms. The standard InChI is InChI=1S/C17H16Cl2O2/c1-2-9-21-14-6-4-13(5-7-14)17(20)11-12-3-8-15(18)16(19)10-12/h3-8,10H,2,9,11H2,1H3. The van der Waals surface area contributed by atoms with E-state index in [0.29, 0.717) is 28.6 Å². The molecule has 110 valence electrons. The molecule has 0 aliphatic rings. The van der Waals surface area contributed by atoms with Gasteiger partial charge in [-0.2, -0.15) is 0 Å². The van der Waals surface area contributed by atoms with Crippen molar-refractivity contribution in [2.24, 2.45) is 0 Å². The van der Waals surface area contributed by atoms with E-state index in [1.807, 2.05) is 18.2 Å². The second-order valence-electron chi connectivity index (χ2n) is 4.72. The van der Waals surface area contributed by atoms with Gasteiger partial charge in [0.1, 0.15) is 5.75 Å². The lowest BCUT2D eigenvalue weighted by Gasteiger charge is -2.06. The highest BCUT2D eigenvalue weighted by atomic mass is 35.5. The monoisotopic (exact) mass is 322 g/mol. The van der Waals surface area contributed by atoms with Crippen LogP contribution in [0.25, 0.3) is 0 Å². The van der Waals surface area contributed by atoms with Crippen molar-refractivity contribution in [3.05, 3.63) is 63.6 Å². The van der Waals surface area contributed by atoms with E-state index < -0.39 is 0 Å². The molecular formula is C17H16Cl2O2. The molecule has 0 fully saturated rings. The van der Waals surface area contributed by atoms with Crippen molar-refractivity contribution in [1.82, 2.24) is 0 Å². The lowest BCUT2D eigenvalue weighted by molar-refractivity contribution is 0.0993. The van der Waals surface area contributed by atoms with Gasteiger partial charge in [0.2, 0.25) is 0 Å². The van der Waals surface area contributed by atoms with E-state index >= 15 is 0 Å². The highest BCUT2D eigenvalue weighted by Crippen LogP contribution is 2.23. The maximum absolute atomic E-state index is 12.2. The Morgan fingerprint density at radius 1 is 1.05 bits per heavy atom. The zero-order chi connectivity index (χ0) is 15.2. The summed E-state index contributed by atoms with van der Waals surface area (Å²) in [5, 5.41) is 0.954. The molecule has 0 N–H and O–H groups in total. The van der Waals surface area contributed by atoms with Crippen molar-refractivity contribution in [2.45, 2.75) is 19.8 Å². The minimum absolute atomic E-state index is 0.0374. The summed E-state index contributed by atoms with van der Waals surface area (Å²) in [5.41, 5.74) is 1.51. The highest BCUT2D eigenvalue weighted by Gasteiger charge is 2.09. The predicted molar refractivity (Wildman–Crippen MR) is 86.7 cm³/mol. The first kappa shape index (κ1) is 15.9. The van der Waals surface area contributed by atoms with Crippen LogP contribution in [0.5, 0.6) is 5.75 Å². The number of Topliss-reactive ketones (excluding diaryl/α,β-unsaturated/α-hetero) is 1. The Labute approximate surface area is 134 Å². The molecule has 0 aliphatic heterocycles. The normalized spacial score (nSPS) is 10.4. The molecule has 0 aromatic heterocycles. The van der Waals surface area contributed by atoms with Crippen LogP contribution < -0.4 is 4.74 Å². The highest BCUT2D eigenvalue weighted by molar-refractivity contribution is 6.42. The average Bonchev–Trinajstić information content (AvgIpc) is 2.49. The van der Waals surface area contributed by atoms with Gasteiger partial charge in [-0.3, -0.25) is 4.79 Å². The second kappa shape index (κ2) is 7.48. The number of carbonyl (C=O) groups is 1. The van der Waals surface area contributed by atoms with E-state index in [1.165, 1.54) is 0 Å². The molecule has 0 spiro atoms. The van der Waals surface area contributed by atoms with E-state index in [-0.39, 0.29) is 5.78 Å². The van der Waals surface area contributed by atoms with E-state index in [4.69, 9.17) is 27.9 Å². The molecule has 0 radical (unpaired) electrons. The fraction of sp³-hybridized carbons (Fsp3) is 0.235. The minimum Gasteiger partial charge on any atom is -0.494 e. The van der Waals surface area contributed by atoms with Crippen LogP contribution >= 0.6 is 23.2 Å². The van der Waals surface area contributed by atoms with Crippen LogP contribution in [0.4, 0.5) is 0 Å². The van der Waals surface area contributed by atoms with Crippen molar-refractivity contribution >= 4 is 29.0 Å². The number of ketones is 1. The van der Waals surface area contributed by atoms with Crippen molar-refractivity contribution < 1.29 is 9.53 Å². The van der Waals surface area contributed by atoms with Crippen LogP contribution in [-0.4, -0.2) is 12.4 Å². The number of ether oxygens (including phenoxy) is 1. The van der Waals surface area contributed by atoms with Gasteiger partial charge < -0.3 is 4.74 Å². The van der Waals surface area contributed by atoms with Gasteiger partial charge in [0.15, 0.2) is 5.78 Å². The van der Waals surface area contributed by atoms with Gasteiger partial charge in [0.25, 0.3) is 0 Å². The van der Waals surface area contributed by atoms with E-state index in [9.17, 15) is 4.79 Å². The minimum atomic E-state index is 0.0374. The summed E-state index contributed by atoms with van der Waals surface area (Å²) >= 11 is 11.8. The summed E-state index contributed by atoms with van der Waals surface area (Å²) in [6, 6.07) is 12.4. The Kier molecular flexibility index (Phi) is 5.66. The molecule has 2 aromatic rings. The third-order valence-electron chi connectivity index (χ3n) is 3.00. The van der Waals surface area contributed by atoms with Gasteiger partial charge >= 0.3 is 0 Å². The summed E-state index contributed by atoms with van der Waals surface area (Å²) in [6.07, 6.45) is 1.25. The molecule has 0 amide bonds. The SMILES string of the molecule is CCCOc1ccc(C(=O)Cc2ccc(Cl)c(Cl)c2)cc1. The van der Waals surface area contributed by atoms with Gasteiger partial charge in [-0.25, -0.2) is 0 Å². The van der Waals surface area contributed by atoms with Crippen molar-refractivity contribution in [2.75, 3.05) is 6.61 Å². The molecule has 0 atom stereocenters. The van der Waals surface area contributed by atoms with E-state index in [1.54, 1.807) is 24.3 Å². The molecular weight excluding hydrogens is 307 g/mol. The van der Waals surface area contributed by atoms with Crippen molar-refractivity contribution in [3.63, 3.8) is 0 Å². The summed E-state index contributed by atoms with van der Waals surface area (Å²) in [5.74, 6) is 0.818. The summed E-state index contributed by atoms with van der Waals surface area (Å²) < 4.78 is 5.49. The Morgan fingerprint density at radius 2 is 1.76 bits per heavy atom. The van der Waals surface area contributed by atoms with E-state index in [0.717, 1.165) is 17.7 Å². The van der Waals surface area contributed by atoms with Gasteiger partial charge in [0.05, 0.1) is 16.7 Å². The molecule has 2 aromatic carbocycles. The first-order valence-corrected chi connectivity index (χ1v) is 7.55. The molecule has 0 unspecified atom stereocenters. The fourth-order valence-corrected chi connectivity index (χ4v) is 2.21. The number of rotatable bonds is 6. The quantitative estimate of drug-likeness (QED) is 0.682. The van der Waals surface area contributed by atoms with Gasteiger partial charge in [0, 0.05) is 12.0 Å². The largest absolute Gasteiger partial charge is 0.494 e. The summed E-state index contributed by atoms with van der Waals surface area (Å²) in [6.45, 7) is 2.73. The molecule has 0 heterocycles. The van der Waals surface area contributed by atoms with Gasteiger partial charge in [-0.15, -0.1) is 0 Å².